The Kier molecular flexibility index (Phi) is 5.13. The van der Waals surface area contributed by atoms with Gasteiger partial charge in [-0.05, 0) is 12.8 Å². The van der Waals surface area contributed by atoms with Crippen LogP contribution in [0.25, 0.3) is 0 Å². The van der Waals surface area contributed by atoms with E-state index in [-0.39, 0.29) is 25.3 Å². The van der Waals surface area contributed by atoms with E-state index >= 15 is 0 Å². The van der Waals surface area contributed by atoms with E-state index in [4.69, 9.17) is 10.6 Å². The summed E-state index contributed by atoms with van der Waals surface area (Å²) in [4.78, 5) is 0. The number of benzene rings is 1. The number of rotatable bonds is 1. The molecule has 0 unspecified atom stereocenters. The van der Waals surface area contributed by atoms with Crippen LogP contribution in [-0.4, -0.2) is 15.5 Å². The molecule has 0 aliphatic heterocycles. The van der Waals surface area contributed by atoms with Crippen LogP contribution in [0.2, 0.25) is 0 Å². The van der Waals surface area contributed by atoms with Crippen LogP contribution in [0.5, 0.6) is 0 Å². The normalized spacial score (nSPS) is 8.50. The molecule has 0 heterocycles. The van der Waals surface area contributed by atoms with Crippen LogP contribution in [0.3, 0.4) is 0 Å². The van der Waals surface area contributed by atoms with E-state index in [0.717, 1.165) is 0 Å². The molecule has 0 aromatic heterocycles. The Morgan fingerprint density at radius 3 is 2.25 bits per heavy atom. The van der Waals surface area contributed by atoms with Gasteiger partial charge in [-0.3, -0.25) is 10.6 Å². The number of amidine groups is 1. The van der Waals surface area contributed by atoms with Gasteiger partial charge in [-0.25, -0.2) is 0 Å². The number of nitrogens with one attached hydrogen (secondary N) is 1. The third kappa shape index (κ3) is 2.93. The largest absolute Gasteiger partial charge is 0.281 e. The first-order chi connectivity index (χ1) is 5.22. The summed E-state index contributed by atoms with van der Waals surface area (Å²) < 4.78 is 0.481. The van der Waals surface area contributed by atoms with Crippen LogP contribution >= 0.6 is 12.8 Å². The maximum absolute atomic E-state index is 8.75. The average molecular weight is 234 g/mol. The fourth-order valence-electron chi connectivity index (χ4n) is 0.711. The van der Waals surface area contributed by atoms with Crippen LogP contribution in [0, 0.1) is 5.41 Å². The zero-order valence-electron chi connectivity index (χ0n) is 6.44. The molecule has 1 aromatic rings. The van der Waals surface area contributed by atoms with Crippen molar-refractivity contribution < 1.29 is 24.7 Å². The molecule has 60 valence electrons. The minimum Gasteiger partial charge on any atom is -0.281 e. The maximum Gasteiger partial charge on any atom is 0.164 e. The summed E-state index contributed by atoms with van der Waals surface area (Å²) in [7, 11) is 0. The Labute approximate surface area is 89.2 Å². The van der Waals surface area contributed by atoms with Crippen molar-refractivity contribution in [3.63, 3.8) is 0 Å². The molecule has 0 aliphatic carbocycles. The molecule has 2 N–H and O–H groups in total. The summed E-state index contributed by atoms with van der Waals surface area (Å²) >= 11 is 3.57. The predicted molar refractivity (Wildman–Crippen MR) is 45.9 cm³/mol. The van der Waals surface area contributed by atoms with E-state index in [0.29, 0.717) is 10.0 Å². The number of hydroxylamine groups is 1. The summed E-state index contributed by atoms with van der Waals surface area (Å²) in [6.07, 6.45) is 0. The van der Waals surface area contributed by atoms with Crippen molar-refractivity contribution in [2.24, 2.45) is 0 Å². The monoisotopic (exact) mass is 232 g/mol. The van der Waals surface area contributed by atoms with Gasteiger partial charge in [-0.1, -0.05) is 30.3 Å². The van der Waals surface area contributed by atoms with Gasteiger partial charge in [0, 0.05) is 25.0 Å². The van der Waals surface area contributed by atoms with Crippen molar-refractivity contribution in [2.75, 3.05) is 0 Å². The van der Waals surface area contributed by atoms with Crippen LogP contribution < -0.4 is 0 Å². The molecule has 0 radical (unpaired) electrons. The summed E-state index contributed by atoms with van der Waals surface area (Å²) in [5, 5.41) is 16.0. The van der Waals surface area contributed by atoms with Crippen LogP contribution in [-0.2, 0) is 19.5 Å². The summed E-state index contributed by atoms with van der Waals surface area (Å²) in [6.45, 7) is 0. The van der Waals surface area contributed by atoms with E-state index in [1.165, 1.54) is 0 Å². The molecule has 0 bridgehead atoms. The van der Waals surface area contributed by atoms with Gasteiger partial charge in [0.2, 0.25) is 0 Å². The van der Waals surface area contributed by atoms with Crippen molar-refractivity contribution in [1.29, 1.82) is 5.41 Å². The van der Waals surface area contributed by atoms with Gasteiger partial charge in [0.1, 0.15) is 0 Å². The van der Waals surface area contributed by atoms with Crippen molar-refractivity contribution in [3.8, 4) is 0 Å². The van der Waals surface area contributed by atoms with Gasteiger partial charge in [0.05, 0.1) is 0 Å². The van der Waals surface area contributed by atoms with Crippen LogP contribution in [0.4, 0.5) is 0 Å². The molecule has 12 heavy (non-hydrogen) atoms. The number of thiol groups is 1. The van der Waals surface area contributed by atoms with Crippen molar-refractivity contribution in [2.45, 2.75) is 0 Å². The number of nitrogens with zero attached hydrogens (tertiary/aromatic N) is 1. The van der Waals surface area contributed by atoms with E-state index in [1.54, 1.807) is 24.3 Å². The topological polar surface area (TPSA) is 47.3 Å². The van der Waals surface area contributed by atoms with E-state index in [9.17, 15) is 0 Å². The SMILES string of the molecule is N=C(c1ccccc1)N(O)S.[Zn]. The predicted octanol–water partition coefficient (Wildman–Crippen LogP) is 1.55. The molecule has 0 atom stereocenters. The second-order valence-corrected chi connectivity index (χ2v) is 2.38. The molecule has 1 rings (SSSR count). The fourth-order valence-corrected chi connectivity index (χ4v) is 0.827. The Hall–Kier alpha value is -0.377. The summed E-state index contributed by atoms with van der Waals surface area (Å²) in [5.41, 5.74) is 0.630. The van der Waals surface area contributed by atoms with Gasteiger partial charge >= 0.3 is 0 Å². The van der Waals surface area contributed by atoms with Gasteiger partial charge < -0.3 is 0 Å². The minimum atomic E-state index is -0.0334. The summed E-state index contributed by atoms with van der Waals surface area (Å²) in [5.74, 6) is -0.0334. The molecule has 0 saturated heterocycles. The Balaban J connectivity index is 0.00000121. The van der Waals surface area contributed by atoms with Crippen molar-refractivity contribution >= 4 is 18.7 Å². The maximum atomic E-state index is 8.75. The number of hydrogen-bond acceptors (Lipinski definition) is 3. The molecule has 0 saturated carbocycles. The standard InChI is InChI=1S/C7H8N2OS.Zn/c8-7(9(10)11)6-4-2-1-3-5-6;/h1-5,8,10-11H;. The molecular weight excluding hydrogens is 226 g/mol. The third-order valence-corrected chi connectivity index (χ3v) is 1.45. The van der Waals surface area contributed by atoms with Gasteiger partial charge in [-0.15, -0.1) is 0 Å². The average Bonchev–Trinajstić information content (AvgIpc) is 2.05. The molecule has 3 nitrogen and oxygen atoms in total. The van der Waals surface area contributed by atoms with Gasteiger partial charge in [0.25, 0.3) is 0 Å². The second kappa shape index (κ2) is 5.30. The van der Waals surface area contributed by atoms with Gasteiger partial charge in [-0.2, -0.15) is 4.47 Å². The third-order valence-electron chi connectivity index (χ3n) is 1.25. The van der Waals surface area contributed by atoms with Crippen LogP contribution in [0.15, 0.2) is 30.3 Å². The minimum absolute atomic E-state index is 0. The molecule has 1 aromatic carbocycles. The first-order valence-corrected chi connectivity index (χ1v) is 3.43. The smallest absolute Gasteiger partial charge is 0.164 e. The molecular formula is C7H8N2OSZn. The molecule has 0 aliphatic rings. The van der Waals surface area contributed by atoms with Crippen molar-refractivity contribution in [1.82, 2.24) is 4.47 Å². The molecule has 0 amide bonds. The van der Waals surface area contributed by atoms with Gasteiger partial charge in [0.15, 0.2) is 5.84 Å². The van der Waals surface area contributed by atoms with Crippen LogP contribution in [0.1, 0.15) is 5.56 Å². The second-order valence-electron chi connectivity index (χ2n) is 2.00. The summed E-state index contributed by atoms with van der Waals surface area (Å²) in [6, 6.07) is 8.88. The first kappa shape index (κ1) is 11.6. The quantitative estimate of drug-likeness (QED) is 0.227. The van der Waals surface area contributed by atoms with E-state index in [2.05, 4.69) is 12.8 Å². The first-order valence-electron chi connectivity index (χ1n) is 3.03. The number of hydrogen-bond donors (Lipinski definition) is 3. The molecule has 5 heteroatoms. The Morgan fingerprint density at radius 2 is 1.83 bits per heavy atom. The zero-order chi connectivity index (χ0) is 8.27. The van der Waals surface area contributed by atoms with Crippen molar-refractivity contribution in [3.05, 3.63) is 35.9 Å². The van der Waals surface area contributed by atoms with E-state index < -0.39 is 0 Å². The van der Waals surface area contributed by atoms with E-state index in [1.807, 2.05) is 6.07 Å². The molecule has 0 fully saturated rings. The zero-order valence-corrected chi connectivity index (χ0v) is 10.3. The molecule has 0 spiro atoms. The Bertz CT molecular complexity index is 253. The Morgan fingerprint density at radius 1 is 1.33 bits per heavy atom. The fraction of sp³-hybridized carbons (Fsp3) is 0.